The van der Waals surface area contributed by atoms with E-state index in [9.17, 15) is 0 Å². The second kappa shape index (κ2) is 12.2. The van der Waals surface area contributed by atoms with Crippen LogP contribution < -0.4 is 4.90 Å². The number of benzene rings is 8. The fraction of sp³-hybridized carbons (Fsp3) is 0.0400. The minimum absolute atomic E-state index is 0.913. The molecule has 0 N–H and O–H groups in total. The average Bonchev–Trinajstić information content (AvgIpc) is 3.81. The Kier molecular flexibility index (Phi) is 7.03. The van der Waals surface area contributed by atoms with Crippen molar-refractivity contribution in [3.63, 3.8) is 0 Å². The normalized spacial score (nSPS) is 12.7. The molecular weight excluding hydrogens is 615 g/mol. The molecule has 51 heavy (non-hydrogen) atoms. The zero-order chi connectivity index (χ0) is 33.7. The molecule has 2 aliphatic rings. The lowest BCUT2D eigenvalue weighted by Crippen LogP contribution is -2.11. The van der Waals surface area contributed by atoms with E-state index in [1.807, 2.05) is 0 Å². The summed E-state index contributed by atoms with van der Waals surface area (Å²) in [6.07, 6.45) is 4.24. The first-order valence-corrected chi connectivity index (χ1v) is 17.9. The summed E-state index contributed by atoms with van der Waals surface area (Å²) in [7, 11) is 0. The van der Waals surface area contributed by atoms with E-state index in [1.165, 1.54) is 83.2 Å². The van der Waals surface area contributed by atoms with Crippen molar-refractivity contribution in [2.45, 2.75) is 12.8 Å². The van der Waals surface area contributed by atoms with Crippen molar-refractivity contribution in [3.8, 4) is 33.4 Å². The summed E-state index contributed by atoms with van der Waals surface area (Å²) in [5, 5.41) is 2.55. The third-order valence-electron chi connectivity index (χ3n) is 10.7. The number of allylic oxidation sites excluding steroid dienone is 1. The van der Waals surface area contributed by atoms with Crippen LogP contribution in [0.4, 0.5) is 17.1 Å². The van der Waals surface area contributed by atoms with Crippen LogP contribution in [0.15, 0.2) is 182 Å². The third kappa shape index (κ3) is 5.09. The van der Waals surface area contributed by atoms with Crippen molar-refractivity contribution in [3.05, 3.63) is 210 Å². The van der Waals surface area contributed by atoms with Crippen molar-refractivity contribution in [1.29, 1.82) is 0 Å². The summed E-state index contributed by atoms with van der Waals surface area (Å²) in [6.45, 7) is 0. The number of anilines is 3. The van der Waals surface area contributed by atoms with Gasteiger partial charge in [0, 0.05) is 16.8 Å². The highest BCUT2D eigenvalue weighted by Gasteiger charge is 2.28. The third-order valence-corrected chi connectivity index (χ3v) is 10.7. The number of nitrogens with zero attached hydrogens (tertiary/aromatic N) is 1. The molecule has 0 atom stereocenters. The van der Waals surface area contributed by atoms with Crippen LogP contribution >= 0.6 is 0 Å². The van der Waals surface area contributed by atoms with Gasteiger partial charge in [0.15, 0.2) is 0 Å². The molecule has 8 aromatic carbocycles. The van der Waals surface area contributed by atoms with Crippen molar-refractivity contribution in [2.75, 3.05) is 4.90 Å². The Bertz CT molecular complexity index is 2600. The highest BCUT2D eigenvalue weighted by molar-refractivity contribution is 6.11. The highest BCUT2D eigenvalue weighted by atomic mass is 15.1. The molecule has 8 aromatic rings. The van der Waals surface area contributed by atoms with Gasteiger partial charge in [0.2, 0.25) is 0 Å². The lowest BCUT2D eigenvalue weighted by molar-refractivity contribution is 1.24. The van der Waals surface area contributed by atoms with Gasteiger partial charge in [0.05, 0.1) is 5.69 Å². The van der Waals surface area contributed by atoms with Crippen LogP contribution in [0.2, 0.25) is 0 Å². The molecule has 0 bridgehead atoms. The van der Waals surface area contributed by atoms with Gasteiger partial charge in [0.1, 0.15) is 0 Å². The minimum atomic E-state index is 0.913. The molecule has 0 unspecified atom stereocenters. The van der Waals surface area contributed by atoms with Crippen LogP contribution in [0.1, 0.15) is 27.8 Å². The monoisotopic (exact) mass is 649 g/mol. The van der Waals surface area contributed by atoms with Crippen LogP contribution in [-0.4, -0.2) is 0 Å². The number of rotatable bonds is 6. The molecule has 0 saturated carbocycles. The van der Waals surface area contributed by atoms with Gasteiger partial charge in [0.25, 0.3) is 0 Å². The van der Waals surface area contributed by atoms with Crippen molar-refractivity contribution >= 4 is 39.5 Å². The maximum atomic E-state index is 2.46. The number of fused-ring (bicyclic) bond motifs is 6. The first-order valence-electron chi connectivity index (χ1n) is 17.9. The Hall–Kier alpha value is -6.44. The fourth-order valence-corrected chi connectivity index (χ4v) is 8.31. The summed E-state index contributed by atoms with van der Waals surface area (Å²) in [5.41, 5.74) is 19.5. The summed E-state index contributed by atoms with van der Waals surface area (Å²) < 4.78 is 0. The zero-order valence-electron chi connectivity index (χ0n) is 28.3. The Balaban J connectivity index is 1.10. The van der Waals surface area contributed by atoms with E-state index in [1.54, 1.807) is 0 Å². The van der Waals surface area contributed by atoms with Crippen LogP contribution in [0.25, 0.3) is 55.8 Å². The molecule has 240 valence electrons. The molecule has 0 spiro atoms. The molecule has 0 fully saturated rings. The van der Waals surface area contributed by atoms with Crippen molar-refractivity contribution < 1.29 is 0 Å². The van der Waals surface area contributed by atoms with Crippen LogP contribution in [0.3, 0.4) is 0 Å². The number of hydrogen-bond acceptors (Lipinski definition) is 1. The Morgan fingerprint density at radius 3 is 1.76 bits per heavy atom. The van der Waals surface area contributed by atoms with E-state index in [0.717, 1.165) is 24.2 Å². The molecule has 2 aliphatic carbocycles. The lowest BCUT2D eigenvalue weighted by Gasteiger charge is -2.28. The molecule has 10 rings (SSSR count). The van der Waals surface area contributed by atoms with Crippen LogP contribution in [-0.2, 0) is 12.8 Å². The predicted octanol–water partition coefficient (Wildman–Crippen LogP) is 13.3. The summed E-state index contributed by atoms with van der Waals surface area (Å²) in [5.74, 6) is 0. The first kappa shape index (κ1) is 29.5. The summed E-state index contributed by atoms with van der Waals surface area (Å²) in [4.78, 5) is 2.43. The minimum Gasteiger partial charge on any atom is -0.310 e. The molecule has 0 amide bonds. The predicted molar refractivity (Wildman–Crippen MR) is 216 cm³/mol. The van der Waals surface area contributed by atoms with E-state index >= 15 is 0 Å². The van der Waals surface area contributed by atoms with Gasteiger partial charge in [-0.3, -0.25) is 0 Å². The summed E-state index contributed by atoms with van der Waals surface area (Å²) in [6, 6.07) is 66.6. The van der Waals surface area contributed by atoms with Crippen molar-refractivity contribution in [1.82, 2.24) is 0 Å². The first-order chi connectivity index (χ1) is 25.3. The van der Waals surface area contributed by atoms with Gasteiger partial charge >= 0.3 is 0 Å². The molecule has 0 aromatic heterocycles. The van der Waals surface area contributed by atoms with Crippen LogP contribution in [0, 0.1) is 0 Å². The Morgan fingerprint density at radius 2 is 1.00 bits per heavy atom. The molecular formula is C50H35N. The van der Waals surface area contributed by atoms with E-state index in [0.29, 0.717) is 0 Å². The van der Waals surface area contributed by atoms with Gasteiger partial charge in [-0.05, 0) is 115 Å². The molecule has 1 heteroatoms. The van der Waals surface area contributed by atoms with E-state index in [4.69, 9.17) is 0 Å². The van der Waals surface area contributed by atoms with E-state index < -0.39 is 0 Å². The maximum absolute atomic E-state index is 2.46. The largest absolute Gasteiger partial charge is 0.310 e. The lowest BCUT2D eigenvalue weighted by atomic mass is 9.89. The number of para-hydroxylation sites is 1. The molecule has 0 saturated heterocycles. The van der Waals surface area contributed by atoms with Gasteiger partial charge < -0.3 is 4.90 Å². The number of hydrogen-bond donors (Lipinski definition) is 0. The maximum Gasteiger partial charge on any atom is 0.0543 e. The molecule has 0 heterocycles. The van der Waals surface area contributed by atoms with Gasteiger partial charge in [-0.2, -0.15) is 0 Å². The van der Waals surface area contributed by atoms with E-state index in [-0.39, 0.29) is 0 Å². The van der Waals surface area contributed by atoms with Crippen molar-refractivity contribution in [2.24, 2.45) is 0 Å². The quantitative estimate of drug-likeness (QED) is 0.173. The topological polar surface area (TPSA) is 3.24 Å². The summed E-state index contributed by atoms with van der Waals surface area (Å²) >= 11 is 0. The van der Waals surface area contributed by atoms with Gasteiger partial charge in [-0.1, -0.05) is 158 Å². The average molecular weight is 650 g/mol. The zero-order valence-corrected chi connectivity index (χ0v) is 28.3. The van der Waals surface area contributed by atoms with Gasteiger partial charge in [-0.25, -0.2) is 0 Å². The molecule has 1 nitrogen and oxygen atoms in total. The molecule has 0 radical (unpaired) electrons. The SMILES string of the molecule is C1=C(c2ccccc2)Cc2cc(-c3cccc4c3-c3c(cc(N(c5ccccc5)c5ccc(-c6ccccc6)cc5)c5ccccc35)C4)ccc21. The standard InChI is InChI=1S/C50H35N/c1-4-13-34(14-5-1)36-25-27-44(28-26-36)51(43-18-8-3-9-19-43)48-33-42-31-39-17-12-22-45(49(39)50(42)47-21-11-10-20-46(47)48)38-24-23-37-29-40(32-41(37)30-38)35-15-6-2-7-16-35/h1-30,33H,31-32H2. The fourth-order valence-electron chi connectivity index (χ4n) is 8.31. The second-order valence-corrected chi connectivity index (χ2v) is 13.7. The van der Waals surface area contributed by atoms with E-state index in [2.05, 4.69) is 193 Å². The smallest absolute Gasteiger partial charge is 0.0543 e. The second-order valence-electron chi connectivity index (χ2n) is 13.7. The Morgan fingerprint density at radius 1 is 0.373 bits per heavy atom. The van der Waals surface area contributed by atoms with Crippen LogP contribution in [0.5, 0.6) is 0 Å². The van der Waals surface area contributed by atoms with Gasteiger partial charge in [-0.15, -0.1) is 0 Å². The Labute approximate surface area is 299 Å². The highest BCUT2D eigenvalue weighted by Crippen LogP contribution is 2.51. The molecule has 0 aliphatic heterocycles.